The topological polar surface area (TPSA) is 107 Å². The largest absolute Gasteiger partial charge is 0.480 e. The van der Waals surface area contributed by atoms with Gasteiger partial charge >= 0.3 is 5.97 Å². The average Bonchev–Trinajstić information content (AvgIpc) is 2.85. The van der Waals surface area contributed by atoms with Crippen LogP contribution in [0.15, 0.2) is 64.9 Å². The molecule has 0 spiro atoms. The average molecular weight is 388 g/mol. The van der Waals surface area contributed by atoms with Crippen molar-refractivity contribution in [2.45, 2.75) is 18.7 Å². The van der Waals surface area contributed by atoms with Crippen molar-refractivity contribution in [1.82, 2.24) is 10.4 Å². The summed E-state index contributed by atoms with van der Waals surface area (Å²) in [5.74, 6) is -1.58. The number of aliphatic carboxylic acids is 1. The number of hydrogen-bond acceptors (Lipinski definition) is 5. The third-order valence-electron chi connectivity index (χ3n) is 4.52. The fourth-order valence-corrected chi connectivity index (χ4v) is 6.07. The van der Waals surface area contributed by atoms with Crippen LogP contribution in [0.3, 0.4) is 0 Å². The van der Waals surface area contributed by atoms with E-state index in [0.717, 1.165) is 10.6 Å². The summed E-state index contributed by atoms with van der Waals surface area (Å²) in [5.41, 5.74) is 0.879. The first-order valence-corrected chi connectivity index (χ1v) is 10.5. The van der Waals surface area contributed by atoms with Crippen molar-refractivity contribution >= 4 is 27.0 Å². The molecule has 2 atom stereocenters. The number of carboxylic acids is 1. The highest BCUT2D eigenvalue weighted by molar-refractivity contribution is 8.47. The van der Waals surface area contributed by atoms with E-state index in [2.05, 4.69) is 5.32 Å². The third-order valence-corrected chi connectivity index (χ3v) is 7.75. The fraction of sp³-hybridized carbons (Fsp3) is 0.211. The fourth-order valence-electron chi connectivity index (χ4n) is 3.08. The highest BCUT2D eigenvalue weighted by Gasteiger charge is 2.48. The van der Waals surface area contributed by atoms with Crippen LogP contribution in [0.1, 0.15) is 12.5 Å². The lowest BCUT2D eigenvalue weighted by atomic mass is 10.1. The first-order chi connectivity index (χ1) is 12.8. The number of hydrogen-bond donors (Lipinski definition) is 3. The van der Waals surface area contributed by atoms with Crippen molar-refractivity contribution in [2.24, 2.45) is 0 Å². The minimum Gasteiger partial charge on any atom is -0.480 e. The van der Waals surface area contributed by atoms with Crippen LogP contribution in [0.25, 0.3) is 0 Å². The monoisotopic (exact) mass is 388 g/mol. The van der Waals surface area contributed by atoms with E-state index < -0.39 is 27.9 Å². The predicted octanol–water partition coefficient (Wildman–Crippen LogP) is 2.11. The van der Waals surface area contributed by atoms with Crippen molar-refractivity contribution in [3.05, 3.63) is 70.4 Å². The molecule has 3 rings (SSSR count). The van der Waals surface area contributed by atoms with Gasteiger partial charge in [0.05, 0.1) is 5.70 Å². The molecular formula is C19H20N2O5S. The number of amides is 1. The molecule has 1 amide bonds. The number of hydroxylamine groups is 2. The van der Waals surface area contributed by atoms with Gasteiger partial charge in [0.1, 0.15) is 11.6 Å². The van der Waals surface area contributed by atoms with Gasteiger partial charge in [0.2, 0.25) is 5.12 Å². The molecule has 0 aromatic heterocycles. The van der Waals surface area contributed by atoms with Gasteiger partial charge in [-0.2, -0.15) is 0 Å². The second kappa shape index (κ2) is 7.05. The number of benzene rings is 1. The van der Waals surface area contributed by atoms with Crippen LogP contribution < -0.4 is 5.32 Å². The van der Waals surface area contributed by atoms with Crippen LogP contribution in [0.2, 0.25) is 0 Å². The van der Waals surface area contributed by atoms with Gasteiger partial charge in [-0.25, -0.2) is 5.06 Å². The second-order valence-electron chi connectivity index (χ2n) is 6.48. The Hall–Kier alpha value is -2.84. The first kappa shape index (κ1) is 18.9. The Bertz CT molecular complexity index is 906. The van der Waals surface area contributed by atoms with Crippen molar-refractivity contribution in [1.29, 1.82) is 0 Å². The molecule has 1 aromatic rings. The quantitative estimate of drug-likeness (QED) is 0.667. The molecule has 2 aliphatic heterocycles. The molecule has 0 radical (unpaired) electrons. The SMILES string of the molecule is C[C@H](NC(=O)C1=C2C(=CC=CN2O)S(C)(Cc2ccccc2)C1=O)C(=O)O. The lowest BCUT2D eigenvalue weighted by molar-refractivity contribution is -0.141. The maximum atomic E-state index is 13.3. The normalized spacial score (nSPS) is 24.8. The molecule has 8 heteroatoms. The molecule has 2 aliphatic rings. The molecule has 3 N–H and O–H groups in total. The van der Waals surface area contributed by atoms with E-state index in [0.29, 0.717) is 10.7 Å². The Morgan fingerprint density at radius 1 is 1.26 bits per heavy atom. The summed E-state index contributed by atoms with van der Waals surface area (Å²) in [6, 6.07) is 8.29. The van der Waals surface area contributed by atoms with Gasteiger partial charge in [-0.15, -0.1) is 10.0 Å². The van der Waals surface area contributed by atoms with E-state index in [1.807, 2.05) is 36.6 Å². The Morgan fingerprint density at radius 2 is 1.93 bits per heavy atom. The molecule has 1 aromatic carbocycles. The minimum absolute atomic E-state index is 0.131. The zero-order chi connectivity index (χ0) is 19.8. The van der Waals surface area contributed by atoms with Crippen LogP contribution in [0.5, 0.6) is 0 Å². The minimum atomic E-state index is -2.13. The van der Waals surface area contributed by atoms with E-state index in [9.17, 15) is 19.6 Å². The van der Waals surface area contributed by atoms with Gasteiger partial charge in [-0.1, -0.05) is 30.3 Å². The number of carboxylic acid groups (broad SMARTS) is 1. The van der Waals surface area contributed by atoms with Gasteiger partial charge in [0.25, 0.3) is 5.91 Å². The van der Waals surface area contributed by atoms with Crippen molar-refractivity contribution in [3.8, 4) is 0 Å². The number of carbonyl (C=O) groups is 3. The summed E-state index contributed by atoms with van der Waals surface area (Å²) < 4.78 is 0. The number of carbonyl (C=O) groups excluding carboxylic acids is 2. The zero-order valence-corrected chi connectivity index (χ0v) is 15.7. The third kappa shape index (κ3) is 3.29. The summed E-state index contributed by atoms with van der Waals surface area (Å²) in [6.45, 7) is 1.31. The number of nitrogens with one attached hydrogen (secondary N) is 1. The second-order valence-corrected chi connectivity index (χ2v) is 9.75. The first-order valence-electron chi connectivity index (χ1n) is 8.25. The summed E-state index contributed by atoms with van der Waals surface area (Å²) in [4.78, 5) is 37.6. The predicted molar refractivity (Wildman–Crippen MR) is 102 cm³/mol. The number of rotatable bonds is 5. The van der Waals surface area contributed by atoms with Crippen LogP contribution in [-0.4, -0.2) is 44.7 Å². The zero-order valence-electron chi connectivity index (χ0n) is 14.9. The summed E-state index contributed by atoms with van der Waals surface area (Å²) in [7, 11) is -2.13. The van der Waals surface area contributed by atoms with Gasteiger partial charge in [0.15, 0.2) is 0 Å². The molecule has 7 nitrogen and oxygen atoms in total. The molecule has 142 valence electrons. The molecule has 0 saturated carbocycles. The highest BCUT2D eigenvalue weighted by atomic mass is 32.3. The number of fused-ring (bicyclic) bond motifs is 1. The van der Waals surface area contributed by atoms with E-state index in [4.69, 9.17) is 5.11 Å². The number of allylic oxidation sites excluding steroid dienone is 2. The lowest BCUT2D eigenvalue weighted by Crippen LogP contribution is -2.40. The Kier molecular flexibility index (Phi) is 4.95. The maximum absolute atomic E-state index is 13.3. The lowest BCUT2D eigenvalue weighted by Gasteiger charge is -2.33. The molecule has 1 unspecified atom stereocenters. The number of nitrogens with zero attached hydrogens (tertiary/aromatic N) is 1. The molecular weight excluding hydrogens is 368 g/mol. The van der Waals surface area contributed by atoms with Gasteiger partial charge in [0, 0.05) is 16.9 Å². The molecule has 0 aliphatic carbocycles. The van der Waals surface area contributed by atoms with Gasteiger partial charge in [-0.3, -0.25) is 19.6 Å². The molecule has 27 heavy (non-hydrogen) atoms. The van der Waals surface area contributed by atoms with Crippen molar-refractivity contribution < 1.29 is 24.7 Å². The molecule has 0 saturated heterocycles. The summed E-state index contributed by atoms with van der Waals surface area (Å²) >= 11 is 0. The van der Waals surface area contributed by atoms with Gasteiger partial charge in [-0.05, 0) is 30.9 Å². The smallest absolute Gasteiger partial charge is 0.325 e. The van der Waals surface area contributed by atoms with Crippen LogP contribution in [0.4, 0.5) is 0 Å². The van der Waals surface area contributed by atoms with Crippen LogP contribution >= 0.6 is 10.0 Å². The highest BCUT2D eigenvalue weighted by Crippen LogP contribution is 2.65. The summed E-state index contributed by atoms with van der Waals surface area (Å²) in [6.07, 6.45) is 6.50. The van der Waals surface area contributed by atoms with Gasteiger partial charge < -0.3 is 10.4 Å². The molecule has 2 heterocycles. The maximum Gasteiger partial charge on any atom is 0.325 e. The Balaban J connectivity index is 2.03. The van der Waals surface area contributed by atoms with E-state index >= 15 is 0 Å². The Morgan fingerprint density at radius 3 is 2.56 bits per heavy atom. The standard InChI is InChI=1S/C19H20N2O5S/c1-12(18(23)24)20-17(22)15-16-14(9-6-10-21(16)26)27(2,19(15)25)11-13-7-4-3-5-8-13/h3-10,12,26H,11H2,1-2H3,(H,20,22)(H,23,24)/t12-/m0/s1. The van der Waals surface area contributed by atoms with Crippen LogP contribution in [0, 0.1) is 0 Å². The van der Waals surface area contributed by atoms with E-state index in [1.165, 1.54) is 13.1 Å². The van der Waals surface area contributed by atoms with Crippen molar-refractivity contribution in [2.75, 3.05) is 6.26 Å². The van der Waals surface area contributed by atoms with Crippen molar-refractivity contribution in [3.63, 3.8) is 0 Å². The summed E-state index contributed by atoms with van der Waals surface area (Å²) in [5, 5.41) is 22.0. The Labute approximate surface area is 157 Å². The molecule has 0 fully saturated rings. The van der Waals surface area contributed by atoms with Crippen LogP contribution in [-0.2, 0) is 20.1 Å². The van der Waals surface area contributed by atoms with E-state index in [-0.39, 0.29) is 16.4 Å². The van der Waals surface area contributed by atoms with E-state index in [1.54, 1.807) is 12.2 Å². The molecule has 0 bridgehead atoms.